The van der Waals surface area contributed by atoms with Crippen molar-refractivity contribution >= 4 is 15.7 Å². The first-order valence-electron chi connectivity index (χ1n) is 6.99. The molecular weight excluding hydrogens is 316 g/mol. The summed E-state index contributed by atoms with van der Waals surface area (Å²) in [5.74, 6) is 0. The second-order valence-electron chi connectivity index (χ2n) is 5.39. The number of benzene rings is 2. The van der Waals surface area contributed by atoms with E-state index < -0.39 is 14.9 Å². The molecule has 6 nitrogen and oxygen atoms in total. The van der Waals surface area contributed by atoms with Crippen LogP contribution in [0.2, 0.25) is 0 Å². The third-order valence-electron chi connectivity index (χ3n) is 3.74. The predicted molar refractivity (Wildman–Crippen MR) is 87.7 cm³/mol. The molecular formula is C16H18N2O4S. The van der Waals surface area contributed by atoms with Gasteiger partial charge >= 0.3 is 0 Å². The molecule has 0 heterocycles. The molecule has 0 atom stereocenters. The smallest absolute Gasteiger partial charge is 0.258 e. The van der Waals surface area contributed by atoms with Gasteiger partial charge in [-0.15, -0.1) is 0 Å². The Kier molecular flexibility index (Phi) is 4.82. The Morgan fingerprint density at radius 1 is 1.09 bits per heavy atom. The van der Waals surface area contributed by atoms with Crippen molar-refractivity contribution in [2.24, 2.45) is 0 Å². The lowest BCUT2D eigenvalue weighted by atomic mass is 10.1. The van der Waals surface area contributed by atoms with Crippen molar-refractivity contribution in [2.75, 3.05) is 7.05 Å². The molecule has 0 aliphatic heterocycles. The monoisotopic (exact) mass is 334 g/mol. The highest BCUT2D eigenvalue weighted by Gasteiger charge is 2.24. The predicted octanol–water partition coefficient (Wildman–Crippen LogP) is 3.03. The number of aryl methyl sites for hydroxylation is 2. The quantitative estimate of drug-likeness (QED) is 0.622. The molecule has 2 aromatic rings. The molecule has 2 rings (SSSR count). The maximum absolute atomic E-state index is 12.6. The van der Waals surface area contributed by atoms with Gasteiger partial charge in [-0.05, 0) is 31.0 Å². The van der Waals surface area contributed by atoms with E-state index >= 15 is 0 Å². The van der Waals surface area contributed by atoms with Crippen LogP contribution >= 0.6 is 0 Å². The molecule has 7 heteroatoms. The average Bonchev–Trinajstić information content (AvgIpc) is 2.49. The maximum Gasteiger partial charge on any atom is 0.273 e. The van der Waals surface area contributed by atoms with Gasteiger partial charge < -0.3 is 0 Å². The normalized spacial score (nSPS) is 11.7. The minimum atomic E-state index is -3.80. The van der Waals surface area contributed by atoms with Gasteiger partial charge in [-0.3, -0.25) is 10.1 Å². The molecule has 0 saturated heterocycles. The van der Waals surface area contributed by atoms with Crippen molar-refractivity contribution in [3.05, 3.63) is 69.3 Å². The zero-order valence-electron chi connectivity index (χ0n) is 13.2. The third-order valence-corrected chi connectivity index (χ3v) is 5.54. The van der Waals surface area contributed by atoms with E-state index in [4.69, 9.17) is 0 Å². The van der Waals surface area contributed by atoms with Crippen LogP contribution < -0.4 is 0 Å². The summed E-state index contributed by atoms with van der Waals surface area (Å²) in [6.07, 6.45) is 0. The molecule has 2 aromatic carbocycles. The van der Waals surface area contributed by atoms with Crippen LogP contribution in [0.3, 0.4) is 0 Å². The van der Waals surface area contributed by atoms with Crippen molar-refractivity contribution in [1.82, 2.24) is 4.31 Å². The van der Waals surface area contributed by atoms with E-state index in [0.29, 0.717) is 5.56 Å². The summed E-state index contributed by atoms with van der Waals surface area (Å²) in [5, 5.41) is 11.0. The van der Waals surface area contributed by atoms with Gasteiger partial charge in [0.2, 0.25) is 10.0 Å². The largest absolute Gasteiger partial charge is 0.273 e. The Hall–Kier alpha value is -2.25. The second-order valence-corrected chi connectivity index (χ2v) is 7.44. The summed E-state index contributed by atoms with van der Waals surface area (Å²) in [4.78, 5) is 10.4. The van der Waals surface area contributed by atoms with E-state index in [2.05, 4.69) is 0 Å². The lowest BCUT2D eigenvalue weighted by Gasteiger charge is -2.18. The van der Waals surface area contributed by atoms with E-state index in [1.165, 1.54) is 23.5 Å². The summed E-state index contributed by atoms with van der Waals surface area (Å²) >= 11 is 0. The van der Waals surface area contributed by atoms with Gasteiger partial charge in [-0.1, -0.05) is 30.3 Å². The minimum absolute atomic E-state index is 0.0779. The van der Waals surface area contributed by atoms with Crippen LogP contribution in [0, 0.1) is 24.0 Å². The van der Waals surface area contributed by atoms with Crippen molar-refractivity contribution in [2.45, 2.75) is 25.3 Å². The summed E-state index contributed by atoms with van der Waals surface area (Å²) in [7, 11) is -2.33. The van der Waals surface area contributed by atoms with E-state index in [-0.39, 0.29) is 17.1 Å². The highest BCUT2D eigenvalue weighted by molar-refractivity contribution is 7.89. The number of rotatable bonds is 5. The molecule has 0 aliphatic carbocycles. The average molecular weight is 334 g/mol. The maximum atomic E-state index is 12.6. The van der Waals surface area contributed by atoms with Crippen LogP contribution in [0.15, 0.2) is 47.4 Å². The molecule has 23 heavy (non-hydrogen) atoms. The molecule has 0 saturated carbocycles. The number of sulfonamides is 1. The Bertz CT molecular complexity index is 847. The molecule has 0 aromatic heterocycles. The van der Waals surface area contributed by atoms with Gasteiger partial charge in [0.25, 0.3) is 5.69 Å². The Morgan fingerprint density at radius 3 is 2.35 bits per heavy atom. The zero-order valence-corrected chi connectivity index (χ0v) is 14.0. The van der Waals surface area contributed by atoms with Crippen LogP contribution in [0.25, 0.3) is 0 Å². The van der Waals surface area contributed by atoms with E-state index in [1.54, 1.807) is 6.92 Å². The standard InChI is InChI=1S/C16H18N2O4S/c1-12-6-4-5-7-14(12)11-17(3)23(21,22)15-9-8-13(2)16(10-15)18(19)20/h4-10H,11H2,1-3H3. The number of nitro benzene ring substituents is 1. The lowest BCUT2D eigenvalue weighted by molar-refractivity contribution is -0.385. The zero-order chi connectivity index (χ0) is 17.2. The van der Waals surface area contributed by atoms with Crippen LogP contribution in [-0.2, 0) is 16.6 Å². The van der Waals surface area contributed by atoms with Gasteiger partial charge in [0.1, 0.15) is 0 Å². The molecule has 0 fully saturated rings. The molecule has 0 radical (unpaired) electrons. The van der Waals surface area contributed by atoms with E-state index in [1.807, 2.05) is 31.2 Å². The van der Waals surface area contributed by atoms with Gasteiger partial charge in [0.05, 0.1) is 9.82 Å². The Morgan fingerprint density at radius 2 is 1.74 bits per heavy atom. The fourth-order valence-electron chi connectivity index (χ4n) is 2.24. The first kappa shape index (κ1) is 17.1. The molecule has 0 bridgehead atoms. The summed E-state index contributed by atoms with van der Waals surface area (Å²) in [6.45, 7) is 3.69. The number of hydrogen-bond donors (Lipinski definition) is 0. The minimum Gasteiger partial charge on any atom is -0.258 e. The van der Waals surface area contributed by atoms with Gasteiger partial charge in [-0.2, -0.15) is 4.31 Å². The molecule has 122 valence electrons. The third kappa shape index (κ3) is 3.57. The number of nitro groups is 1. The van der Waals surface area contributed by atoms with Crippen LogP contribution in [0.4, 0.5) is 5.69 Å². The molecule has 0 amide bonds. The molecule has 0 aliphatic rings. The highest BCUT2D eigenvalue weighted by atomic mass is 32.2. The first-order valence-corrected chi connectivity index (χ1v) is 8.43. The van der Waals surface area contributed by atoms with Gasteiger partial charge in [0.15, 0.2) is 0 Å². The lowest BCUT2D eigenvalue weighted by Crippen LogP contribution is -2.27. The fourth-order valence-corrected chi connectivity index (χ4v) is 3.41. The van der Waals surface area contributed by atoms with Gasteiger partial charge in [0, 0.05) is 25.2 Å². The second kappa shape index (κ2) is 6.47. The van der Waals surface area contributed by atoms with Crippen LogP contribution in [0.5, 0.6) is 0 Å². The Labute approximate surface area is 135 Å². The van der Waals surface area contributed by atoms with Crippen LogP contribution in [-0.4, -0.2) is 24.7 Å². The van der Waals surface area contributed by atoms with Crippen molar-refractivity contribution in [3.8, 4) is 0 Å². The Balaban J connectivity index is 2.36. The van der Waals surface area contributed by atoms with Crippen molar-refractivity contribution in [1.29, 1.82) is 0 Å². The summed E-state index contributed by atoms with van der Waals surface area (Å²) < 4.78 is 26.5. The van der Waals surface area contributed by atoms with Crippen LogP contribution in [0.1, 0.15) is 16.7 Å². The molecule has 0 N–H and O–H groups in total. The molecule has 0 spiro atoms. The number of hydrogen-bond acceptors (Lipinski definition) is 4. The molecule has 0 unspecified atom stereocenters. The summed E-state index contributed by atoms with van der Waals surface area (Å²) in [5.41, 5.74) is 2.11. The van der Waals surface area contributed by atoms with Crippen molar-refractivity contribution < 1.29 is 13.3 Å². The van der Waals surface area contributed by atoms with Crippen molar-refractivity contribution in [3.63, 3.8) is 0 Å². The van der Waals surface area contributed by atoms with Gasteiger partial charge in [-0.25, -0.2) is 8.42 Å². The van der Waals surface area contributed by atoms with E-state index in [0.717, 1.165) is 17.2 Å². The first-order chi connectivity index (χ1) is 10.7. The SMILES string of the molecule is Cc1ccccc1CN(C)S(=O)(=O)c1ccc(C)c([N+](=O)[O-])c1. The topological polar surface area (TPSA) is 80.5 Å². The number of nitrogens with zero attached hydrogens (tertiary/aromatic N) is 2. The highest BCUT2D eigenvalue weighted by Crippen LogP contribution is 2.25. The van der Waals surface area contributed by atoms with E-state index in [9.17, 15) is 18.5 Å². The fraction of sp³-hybridized carbons (Fsp3) is 0.250. The summed E-state index contributed by atoms with van der Waals surface area (Å²) in [6, 6.07) is 11.5.